The van der Waals surface area contributed by atoms with Crippen LogP contribution in [0.15, 0.2) is 59.1 Å². The molecule has 9 nitrogen and oxygen atoms in total. The SMILES string of the molecule is C[C@H]1c2ccc(/C=C/c3ccc(F)cc3)c(O)c2C(=O)C2=C(O)C3C(=O)C(C(N)=O)=C(O)[C@@H](N(C)C)C3[C@@H](O)C21. The minimum atomic E-state index is -1.51. The molecule has 10 heteroatoms. The van der Waals surface area contributed by atoms with Gasteiger partial charge in [-0.25, -0.2) is 4.39 Å². The number of hydrogen-bond acceptors (Lipinski definition) is 8. The second-order valence-corrected chi connectivity index (χ2v) is 10.7. The number of likely N-dealkylation sites (N-methyl/N-ethyl adjacent to an activating group) is 1. The number of primary amides is 1. The van der Waals surface area contributed by atoms with E-state index in [9.17, 15) is 39.2 Å². The highest BCUT2D eigenvalue weighted by Gasteiger charge is 2.59. The molecule has 6 N–H and O–H groups in total. The van der Waals surface area contributed by atoms with E-state index in [1.807, 2.05) is 0 Å². The van der Waals surface area contributed by atoms with Gasteiger partial charge >= 0.3 is 0 Å². The third-order valence-electron chi connectivity index (χ3n) is 8.35. The van der Waals surface area contributed by atoms with E-state index in [0.717, 1.165) is 0 Å². The Kier molecular flexibility index (Phi) is 6.63. The van der Waals surface area contributed by atoms with Crippen molar-refractivity contribution < 1.29 is 39.2 Å². The van der Waals surface area contributed by atoms with Gasteiger partial charge in [-0.2, -0.15) is 0 Å². The number of nitrogens with two attached hydrogens (primary N) is 1. The van der Waals surface area contributed by atoms with Crippen LogP contribution in [0.25, 0.3) is 12.2 Å². The molecule has 0 heterocycles. The molecule has 3 aliphatic carbocycles. The van der Waals surface area contributed by atoms with Crippen molar-refractivity contribution in [3.8, 4) is 5.75 Å². The summed E-state index contributed by atoms with van der Waals surface area (Å²) in [6.07, 6.45) is 1.82. The number of phenols is 1. The third kappa shape index (κ3) is 3.94. The van der Waals surface area contributed by atoms with Gasteiger partial charge in [0.1, 0.15) is 28.7 Å². The standard InChI is InChI=1S/C30H29FN2O7/c1-12-16-11-8-14(7-4-13-5-9-15(31)10-6-13)24(34)18(16)26(36)20-17(12)25(35)19-21(27(20)37)28(38)22(30(32)40)29(39)23(19)33(2)3/h4-12,17,19,21,23,25,34-35,37,39H,1-3H3,(H2,32,40)/b7-4+/t12-,17?,19?,21?,23-,25-/m0/s1. The van der Waals surface area contributed by atoms with E-state index in [-0.39, 0.29) is 16.9 Å². The van der Waals surface area contributed by atoms with Crippen LogP contribution in [-0.2, 0) is 9.59 Å². The monoisotopic (exact) mass is 548 g/mol. The van der Waals surface area contributed by atoms with Crippen molar-refractivity contribution in [3.05, 3.63) is 87.1 Å². The van der Waals surface area contributed by atoms with Crippen LogP contribution in [0.4, 0.5) is 4.39 Å². The summed E-state index contributed by atoms with van der Waals surface area (Å²) in [5.74, 6) is -9.00. The van der Waals surface area contributed by atoms with Gasteiger partial charge in [-0.15, -0.1) is 0 Å². The topological polar surface area (TPSA) is 161 Å². The highest BCUT2D eigenvalue weighted by molar-refractivity contribution is 6.22. The Bertz CT molecular complexity index is 1540. The number of halogens is 1. The molecular formula is C30H29FN2O7. The molecule has 3 unspecified atom stereocenters. The minimum Gasteiger partial charge on any atom is -0.511 e. The summed E-state index contributed by atoms with van der Waals surface area (Å²) >= 11 is 0. The predicted octanol–water partition coefficient (Wildman–Crippen LogP) is 2.85. The van der Waals surface area contributed by atoms with Crippen molar-refractivity contribution in [2.24, 2.45) is 23.5 Å². The van der Waals surface area contributed by atoms with E-state index in [0.29, 0.717) is 16.7 Å². The lowest BCUT2D eigenvalue weighted by molar-refractivity contribution is -0.131. The van der Waals surface area contributed by atoms with Gasteiger partial charge in [-0.1, -0.05) is 43.3 Å². The van der Waals surface area contributed by atoms with Crippen LogP contribution in [0, 0.1) is 23.6 Å². The first kappa shape index (κ1) is 27.3. The van der Waals surface area contributed by atoms with Crippen molar-refractivity contribution in [2.75, 3.05) is 14.1 Å². The number of aliphatic hydroxyl groups is 3. The second kappa shape index (κ2) is 9.72. The number of aromatic hydroxyl groups is 1. The van der Waals surface area contributed by atoms with E-state index in [4.69, 9.17) is 5.73 Å². The van der Waals surface area contributed by atoms with Crippen LogP contribution >= 0.6 is 0 Å². The predicted molar refractivity (Wildman–Crippen MR) is 144 cm³/mol. The number of nitrogens with zero attached hydrogens (tertiary/aromatic N) is 1. The molecule has 2 aromatic carbocycles. The first-order valence-corrected chi connectivity index (χ1v) is 12.8. The van der Waals surface area contributed by atoms with Gasteiger partial charge in [0.25, 0.3) is 5.91 Å². The molecule has 0 saturated carbocycles. The quantitative estimate of drug-likeness (QED) is 0.288. The van der Waals surface area contributed by atoms with Crippen LogP contribution in [0.2, 0.25) is 0 Å². The van der Waals surface area contributed by atoms with Gasteiger partial charge < -0.3 is 26.2 Å². The fourth-order valence-electron chi connectivity index (χ4n) is 6.52. The van der Waals surface area contributed by atoms with Crippen molar-refractivity contribution in [1.82, 2.24) is 4.90 Å². The number of phenolic OH excluding ortho intramolecular Hbond substituents is 1. The summed E-state index contributed by atoms with van der Waals surface area (Å²) in [7, 11) is 3.16. The smallest absolute Gasteiger partial charge is 0.255 e. The van der Waals surface area contributed by atoms with Crippen LogP contribution < -0.4 is 5.73 Å². The molecule has 6 atom stereocenters. The molecule has 3 aliphatic rings. The van der Waals surface area contributed by atoms with Crippen molar-refractivity contribution in [2.45, 2.75) is 25.0 Å². The van der Waals surface area contributed by atoms with Crippen molar-refractivity contribution in [3.63, 3.8) is 0 Å². The Morgan fingerprint density at radius 3 is 2.25 bits per heavy atom. The van der Waals surface area contributed by atoms with Crippen LogP contribution in [0.3, 0.4) is 0 Å². The number of carbonyl (C=O) groups is 3. The van der Waals surface area contributed by atoms with Gasteiger partial charge in [0.15, 0.2) is 11.6 Å². The normalized spacial score (nSPS) is 28.1. The maximum atomic E-state index is 13.9. The van der Waals surface area contributed by atoms with E-state index < -0.39 is 76.2 Å². The summed E-state index contributed by atoms with van der Waals surface area (Å²) in [5.41, 5.74) is 5.81. The lowest BCUT2D eigenvalue weighted by Crippen LogP contribution is -2.59. The second-order valence-electron chi connectivity index (χ2n) is 10.7. The molecule has 208 valence electrons. The van der Waals surface area contributed by atoms with E-state index >= 15 is 0 Å². The number of amides is 1. The van der Waals surface area contributed by atoms with Gasteiger partial charge in [-0.05, 0) is 43.3 Å². The summed E-state index contributed by atoms with van der Waals surface area (Å²) in [4.78, 5) is 40.9. The molecule has 0 fully saturated rings. The fourth-order valence-corrected chi connectivity index (χ4v) is 6.52. The molecule has 1 amide bonds. The molecule has 2 aromatic rings. The zero-order valence-corrected chi connectivity index (χ0v) is 22.0. The first-order chi connectivity index (χ1) is 18.9. The van der Waals surface area contributed by atoms with Gasteiger partial charge in [-0.3, -0.25) is 19.3 Å². The van der Waals surface area contributed by atoms with E-state index in [2.05, 4.69) is 0 Å². The number of fused-ring (bicyclic) bond motifs is 3. The number of rotatable bonds is 4. The Morgan fingerprint density at radius 1 is 1.00 bits per heavy atom. The maximum Gasteiger partial charge on any atom is 0.255 e. The Labute approximate surface area is 229 Å². The van der Waals surface area contributed by atoms with Crippen LogP contribution in [-0.4, -0.2) is 69.0 Å². The average Bonchev–Trinajstić information content (AvgIpc) is 2.88. The molecule has 0 saturated heterocycles. The maximum absolute atomic E-state index is 13.9. The minimum absolute atomic E-state index is 0.0712. The lowest BCUT2D eigenvalue weighted by atomic mass is 9.57. The summed E-state index contributed by atoms with van der Waals surface area (Å²) in [6, 6.07) is 7.92. The number of Topliss-reactive ketones (excluding diaryl/α,β-unsaturated/α-hetero) is 2. The molecule has 0 bridgehead atoms. The Morgan fingerprint density at radius 2 is 1.65 bits per heavy atom. The van der Waals surface area contributed by atoms with Crippen LogP contribution in [0.5, 0.6) is 5.75 Å². The van der Waals surface area contributed by atoms with Gasteiger partial charge in [0.2, 0.25) is 0 Å². The number of benzene rings is 2. The average molecular weight is 549 g/mol. The highest BCUT2D eigenvalue weighted by atomic mass is 19.1. The number of ketones is 2. The lowest BCUT2D eigenvalue weighted by Gasteiger charge is -2.50. The third-order valence-corrected chi connectivity index (χ3v) is 8.35. The van der Waals surface area contributed by atoms with Crippen LogP contribution in [0.1, 0.15) is 39.9 Å². The number of allylic oxidation sites excluding steroid dienone is 1. The van der Waals surface area contributed by atoms with Gasteiger partial charge in [0, 0.05) is 23.0 Å². The number of aliphatic hydroxyl groups excluding tert-OH is 3. The Balaban J connectivity index is 1.65. The molecular weight excluding hydrogens is 519 g/mol. The number of hydrogen-bond donors (Lipinski definition) is 5. The zero-order chi connectivity index (χ0) is 29.2. The fraction of sp³-hybridized carbons (Fsp3) is 0.300. The summed E-state index contributed by atoms with van der Waals surface area (Å²) < 4.78 is 13.2. The zero-order valence-electron chi connectivity index (χ0n) is 22.0. The highest BCUT2D eigenvalue weighted by Crippen LogP contribution is 2.54. The Hall–Kier alpha value is -4.28. The van der Waals surface area contributed by atoms with E-state index in [1.54, 1.807) is 57.4 Å². The molecule has 0 aliphatic heterocycles. The molecule has 0 aromatic heterocycles. The molecule has 5 rings (SSSR count). The summed E-state index contributed by atoms with van der Waals surface area (Å²) in [5, 5.41) is 45.1. The molecule has 0 radical (unpaired) electrons. The van der Waals surface area contributed by atoms with Gasteiger partial charge in [0.05, 0.1) is 23.6 Å². The van der Waals surface area contributed by atoms with Crippen molar-refractivity contribution >= 4 is 29.6 Å². The largest absolute Gasteiger partial charge is 0.511 e. The summed E-state index contributed by atoms with van der Waals surface area (Å²) in [6.45, 7) is 1.74. The molecule has 0 spiro atoms. The first-order valence-electron chi connectivity index (χ1n) is 12.8. The molecule has 40 heavy (non-hydrogen) atoms. The van der Waals surface area contributed by atoms with Crippen molar-refractivity contribution in [1.29, 1.82) is 0 Å². The number of carbonyl (C=O) groups excluding carboxylic acids is 3. The van der Waals surface area contributed by atoms with E-state index in [1.165, 1.54) is 17.0 Å².